The summed E-state index contributed by atoms with van der Waals surface area (Å²) in [5.74, 6) is 1.54. The van der Waals surface area contributed by atoms with Gasteiger partial charge in [0.25, 0.3) is 0 Å². The zero-order chi connectivity index (χ0) is 13.2. The number of rotatable bonds is 3. The van der Waals surface area contributed by atoms with Crippen LogP contribution in [0.2, 0.25) is 0 Å². The quantitative estimate of drug-likeness (QED) is 0.680. The lowest BCUT2D eigenvalue weighted by molar-refractivity contribution is 0.605. The van der Waals surface area contributed by atoms with Gasteiger partial charge in [-0.15, -0.1) is 11.8 Å². The minimum Gasteiger partial charge on any atom is -0.418 e. The normalized spacial score (nSPS) is 11.1. The van der Waals surface area contributed by atoms with Crippen LogP contribution in [0.4, 0.5) is 0 Å². The molecule has 0 aliphatic rings. The molecular weight excluding hydrogens is 258 g/mol. The van der Waals surface area contributed by atoms with Gasteiger partial charge < -0.3 is 4.42 Å². The van der Waals surface area contributed by atoms with E-state index in [0.29, 0.717) is 11.6 Å². The highest BCUT2D eigenvalue weighted by atomic mass is 32.2. The average molecular weight is 271 g/mol. The van der Waals surface area contributed by atoms with Crippen molar-refractivity contribution in [2.75, 3.05) is 5.75 Å². The number of thioether (sulfide) groups is 1. The van der Waals surface area contributed by atoms with Gasteiger partial charge >= 0.3 is 0 Å². The standard InChI is InChI=1S/C14H13N3OS/c1-3-19-14-10(5-4-6-15-14)12-17-11-7-9(2)8-16-13(11)18-12/h4-8H,3H2,1-2H3. The first-order valence-corrected chi connectivity index (χ1v) is 7.08. The van der Waals surface area contributed by atoms with Crippen LogP contribution in [0, 0.1) is 6.92 Å². The van der Waals surface area contributed by atoms with Gasteiger partial charge in [0.1, 0.15) is 10.5 Å². The maximum atomic E-state index is 5.72. The van der Waals surface area contributed by atoms with E-state index < -0.39 is 0 Å². The monoisotopic (exact) mass is 271 g/mol. The Bertz CT molecular complexity index is 724. The number of hydrogen-bond donors (Lipinski definition) is 0. The highest BCUT2D eigenvalue weighted by molar-refractivity contribution is 7.99. The van der Waals surface area contributed by atoms with Crippen molar-refractivity contribution in [3.05, 3.63) is 36.2 Å². The van der Waals surface area contributed by atoms with Crippen molar-refractivity contribution in [3.8, 4) is 11.5 Å². The van der Waals surface area contributed by atoms with Gasteiger partial charge in [0, 0.05) is 12.4 Å². The van der Waals surface area contributed by atoms with Crippen LogP contribution in [0.3, 0.4) is 0 Å². The molecule has 19 heavy (non-hydrogen) atoms. The molecule has 0 radical (unpaired) electrons. The summed E-state index contributed by atoms with van der Waals surface area (Å²) in [5.41, 5.74) is 3.34. The molecule has 0 unspecified atom stereocenters. The molecule has 0 saturated carbocycles. The molecule has 0 aromatic carbocycles. The number of hydrogen-bond acceptors (Lipinski definition) is 5. The van der Waals surface area contributed by atoms with Crippen molar-refractivity contribution in [3.63, 3.8) is 0 Å². The summed E-state index contributed by atoms with van der Waals surface area (Å²) in [4.78, 5) is 13.1. The molecule has 0 aliphatic heterocycles. The first-order chi connectivity index (χ1) is 9.28. The van der Waals surface area contributed by atoms with E-state index >= 15 is 0 Å². The van der Waals surface area contributed by atoms with Crippen LogP contribution in [0.1, 0.15) is 12.5 Å². The summed E-state index contributed by atoms with van der Waals surface area (Å²) in [5, 5.41) is 0.938. The Balaban J connectivity index is 2.13. The minimum absolute atomic E-state index is 0.567. The van der Waals surface area contributed by atoms with E-state index in [1.807, 2.05) is 25.1 Å². The summed E-state index contributed by atoms with van der Waals surface area (Å²) < 4.78 is 5.72. The molecule has 0 spiro atoms. The van der Waals surface area contributed by atoms with Gasteiger partial charge in [-0.05, 0) is 36.4 Å². The van der Waals surface area contributed by atoms with Crippen LogP contribution < -0.4 is 0 Å². The summed E-state index contributed by atoms with van der Waals surface area (Å²) in [6, 6.07) is 5.84. The smallest absolute Gasteiger partial charge is 0.247 e. The van der Waals surface area contributed by atoms with E-state index in [9.17, 15) is 0 Å². The summed E-state index contributed by atoms with van der Waals surface area (Å²) >= 11 is 1.68. The molecule has 0 amide bonds. The van der Waals surface area contributed by atoms with Gasteiger partial charge in [0.05, 0.1) is 5.56 Å². The molecular formula is C14H13N3OS. The fraction of sp³-hybridized carbons (Fsp3) is 0.214. The molecule has 0 N–H and O–H groups in total. The molecule has 0 atom stereocenters. The van der Waals surface area contributed by atoms with Crippen LogP contribution >= 0.6 is 11.8 Å². The van der Waals surface area contributed by atoms with Crippen molar-refractivity contribution in [2.24, 2.45) is 0 Å². The number of aromatic nitrogens is 3. The predicted molar refractivity (Wildman–Crippen MR) is 76.2 cm³/mol. The Labute approximate surface area is 115 Å². The van der Waals surface area contributed by atoms with Crippen molar-refractivity contribution in [1.29, 1.82) is 0 Å². The van der Waals surface area contributed by atoms with E-state index in [4.69, 9.17) is 4.42 Å². The van der Waals surface area contributed by atoms with Crippen molar-refractivity contribution >= 4 is 23.0 Å². The van der Waals surface area contributed by atoms with Gasteiger partial charge in [0.15, 0.2) is 0 Å². The van der Waals surface area contributed by atoms with E-state index in [-0.39, 0.29) is 0 Å². The fourth-order valence-electron chi connectivity index (χ4n) is 1.84. The van der Waals surface area contributed by atoms with Crippen LogP contribution in [-0.2, 0) is 0 Å². The summed E-state index contributed by atoms with van der Waals surface area (Å²) in [7, 11) is 0. The molecule has 0 aliphatic carbocycles. The van der Waals surface area contributed by atoms with Gasteiger partial charge in [-0.3, -0.25) is 0 Å². The Hall–Kier alpha value is -1.88. The van der Waals surface area contributed by atoms with Crippen LogP contribution in [-0.4, -0.2) is 20.7 Å². The lowest BCUT2D eigenvalue weighted by atomic mass is 10.3. The Kier molecular flexibility index (Phi) is 3.21. The first-order valence-electron chi connectivity index (χ1n) is 6.09. The van der Waals surface area contributed by atoms with Gasteiger partial charge in [-0.1, -0.05) is 6.92 Å². The maximum absolute atomic E-state index is 5.72. The van der Waals surface area contributed by atoms with Crippen LogP contribution in [0.15, 0.2) is 40.0 Å². The van der Waals surface area contributed by atoms with Gasteiger partial charge in [0.2, 0.25) is 11.6 Å². The minimum atomic E-state index is 0.567. The van der Waals surface area contributed by atoms with Crippen molar-refractivity contribution < 1.29 is 4.42 Å². The number of nitrogens with zero attached hydrogens (tertiary/aromatic N) is 3. The number of pyridine rings is 2. The first kappa shape index (κ1) is 12.2. The van der Waals surface area contributed by atoms with Crippen molar-refractivity contribution in [1.82, 2.24) is 15.0 Å². The highest BCUT2D eigenvalue weighted by Gasteiger charge is 2.13. The summed E-state index contributed by atoms with van der Waals surface area (Å²) in [6.45, 7) is 4.09. The molecule has 3 aromatic rings. The Morgan fingerprint density at radius 3 is 3.05 bits per heavy atom. The molecule has 0 bridgehead atoms. The third-order valence-corrected chi connectivity index (χ3v) is 3.55. The predicted octanol–water partition coefficient (Wildman–Crippen LogP) is 3.71. The fourth-order valence-corrected chi connectivity index (χ4v) is 2.56. The van der Waals surface area contributed by atoms with E-state index in [1.165, 1.54) is 0 Å². The van der Waals surface area contributed by atoms with Crippen LogP contribution in [0.25, 0.3) is 22.7 Å². The molecule has 0 fully saturated rings. The average Bonchev–Trinajstić information content (AvgIpc) is 2.82. The lowest BCUT2D eigenvalue weighted by Gasteiger charge is -2.02. The largest absolute Gasteiger partial charge is 0.418 e. The van der Waals surface area contributed by atoms with E-state index in [1.54, 1.807) is 24.2 Å². The summed E-state index contributed by atoms with van der Waals surface area (Å²) in [6.07, 6.45) is 3.56. The third-order valence-electron chi connectivity index (χ3n) is 2.67. The van der Waals surface area contributed by atoms with Gasteiger partial charge in [-0.2, -0.15) is 0 Å². The molecule has 3 rings (SSSR count). The second-order valence-electron chi connectivity index (χ2n) is 4.15. The topological polar surface area (TPSA) is 51.8 Å². The molecule has 4 nitrogen and oxygen atoms in total. The molecule has 5 heteroatoms. The zero-order valence-corrected chi connectivity index (χ0v) is 11.6. The second-order valence-corrected chi connectivity index (χ2v) is 5.40. The Morgan fingerprint density at radius 1 is 1.32 bits per heavy atom. The lowest BCUT2D eigenvalue weighted by Crippen LogP contribution is -1.86. The number of oxazole rings is 1. The molecule has 96 valence electrons. The van der Waals surface area contributed by atoms with E-state index in [0.717, 1.165) is 27.4 Å². The van der Waals surface area contributed by atoms with Gasteiger partial charge in [-0.25, -0.2) is 15.0 Å². The second kappa shape index (κ2) is 5.01. The third kappa shape index (κ3) is 2.33. The van der Waals surface area contributed by atoms with Crippen LogP contribution in [0.5, 0.6) is 0 Å². The highest BCUT2D eigenvalue weighted by Crippen LogP contribution is 2.30. The Morgan fingerprint density at radius 2 is 2.21 bits per heavy atom. The number of fused-ring (bicyclic) bond motifs is 1. The molecule has 3 aromatic heterocycles. The van der Waals surface area contributed by atoms with E-state index in [2.05, 4.69) is 21.9 Å². The molecule has 0 saturated heterocycles. The molecule has 3 heterocycles. The van der Waals surface area contributed by atoms with Crippen molar-refractivity contribution in [2.45, 2.75) is 18.9 Å². The maximum Gasteiger partial charge on any atom is 0.247 e. The zero-order valence-electron chi connectivity index (χ0n) is 10.8. The SMILES string of the molecule is CCSc1ncccc1-c1nc2cc(C)cnc2o1. The number of aryl methyl sites for hydroxylation is 1.